The topological polar surface area (TPSA) is 18.5 Å². The maximum absolute atomic E-state index is 5.42. The number of halogens is 2. The molecule has 4 rings (SSSR count). The predicted octanol–water partition coefficient (Wildman–Crippen LogP) is 6.30. The maximum atomic E-state index is 5.42. The first-order valence-corrected chi connectivity index (χ1v) is 10.6. The minimum absolute atomic E-state index is 0.317. The fraction of sp³-hybridized carbons (Fsp3) is 0.429. The van der Waals surface area contributed by atoms with E-state index in [2.05, 4.69) is 68.3 Å². The van der Waals surface area contributed by atoms with Crippen molar-refractivity contribution in [2.24, 2.45) is 0 Å². The molecule has 2 aromatic rings. The van der Waals surface area contributed by atoms with Gasteiger partial charge in [0.25, 0.3) is 0 Å². The largest absolute Gasteiger partial charge is 0.377 e. The first-order valence-electron chi connectivity index (χ1n) is 8.69. The molecule has 0 bridgehead atoms. The van der Waals surface area contributed by atoms with E-state index in [-0.39, 0.29) is 0 Å². The van der Waals surface area contributed by atoms with Gasteiger partial charge in [0.2, 0.25) is 0 Å². The van der Waals surface area contributed by atoms with Gasteiger partial charge in [0.1, 0.15) is 0 Å². The summed E-state index contributed by atoms with van der Waals surface area (Å²) in [6.45, 7) is 0. The number of rotatable bonds is 3. The Morgan fingerprint density at radius 1 is 0.880 bits per heavy atom. The molecule has 2 aromatic carbocycles. The number of alkyl halides is 1. The first kappa shape index (κ1) is 19.1. The van der Waals surface area contributed by atoms with Crippen LogP contribution in [0.2, 0.25) is 0 Å². The third-order valence-corrected chi connectivity index (χ3v) is 6.53. The average molecular weight is 468 g/mol. The van der Waals surface area contributed by atoms with E-state index in [1.54, 1.807) is 14.2 Å². The third-order valence-electron chi connectivity index (χ3n) is 5.18. The standard InChI is InChI=1S/C11H13BrO.C10H11BrO/c1-13-11-6-5-9-8(7-12)3-2-4-10(9)11;1-12-10-6-5-7-8(10)3-2-4-9(7)11/h2-4,11H,5-7H2,1H3;2-4,10H,5-6H2,1H3. The number of fused-ring (bicyclic) bond motifs is 2. The van der Waals surface area contributed by atoms with Gasteiger partial charge in [0.15, 0.2) is 0 Å². The SMILES string of the molecule is COC1CCc2c(Br)cccc21.COC1CCc2c(CBr)cccc21. The van der Waals surface area contributed by atoms with Crippen molar-refractivity contribution in [3.63, 3.8) is 0 Å². The molecule has 0 aliphatic heterocycles. The summed E-state index contributed by atoms with van der Waals surface area (Å²) in [5.74, 6) is 0. The Kier molecular flexibility index (Phi) is 6.73. The molecule has 0 heterocycles. The molecule has 4 heteroatoms. The van der Waals surface area contributed by atoms with Gasteiger partial charge in [0, 0.05) is 24.0 Å². The highest BCUT2D eigenvalue weighted by molar-refractivity contribution is 9.10. The van der Waals surface area contributed by atoms with E-state index in [1.807, 2.05) is 0 Å². The zero-order chi connectivity index (χ0) is 17.8. The molecule has 0 aromatic heterocycles. The van der Waals surface area contributed by atoms with Crippen LogP contribution >= 0.6 is 31.9 Å². The van der Waals surface area contributed by atoms with Crippen LogP contribution in [0, 0.1) is 0 Å². The zero-order valence-corrected chi connectivity index (χ0v) is 17.9. The molecule has 0 N–H and O–H groups in total. The van der Waals surface area contributed by atoms with Gasteiger partial charge < -0.3 is 9.47 Å². The lowest BCUT2D eigenvalue weighted by Gasteiger charge is -2.09. The van der Waals surface area contributed by atoms with Crippen LogP contribution < -0.4 is 0 Å². The molecule has 2 unspecified atom stereocenters. The van der Waals surface area contributed by atoms with E-state index in [0.29, 0.717) is 12.2 Å². The van der Waals surface area contributed by atoms with Gasteiger partial charge in [-0.3, -0.25) is 0 Å². The first-order chi connectivity index (χ1) is 12.2. The fourth-order valence-electron chi connectivity index (χ4n) is 3.88. The molecule has 25 heavy (non-hydrogen) atoms. The molecule has 2 aliphatic rings. The molecule has 2 nitrogen and oxygen atoms in total. The highest BCUT2D eigenvalue weighted by Crippen LogP contribution is 2.37. The van der Waals surface area contributed by atoms with Gasteiger partial charge >= 0.3 is 0 Å². The predicted molar refractivity (Wildman–Crippen MR) is 109 cm³/mol. The molecule has 0 saturated heterocycles. The van der Waals surface area contributed by atoms with Crippen LogP contribution in [0.15, 0.2) is 40.9 Å². The molecular formula is C21H24Br2O2. The summed E-state index contributed by atoms with van der Waals surface area (Å²) in [7, 11) is 3.57. The Hall–Kier alpha value is -0.680. The highest BCUT2D eigenvalue weighted by atomic mass is 79.9. The van der Waals surface area contributed by atoms with Gasteiger partial charge in [-0.25, -0.2) is 0 Å². The van der Waals surface area contributed by atoms with Crippen molar-refractivity contribution in [1.82, 2.24) is 0 Å². The highest BCUT2D eigenvalue weighted by Gasteiger charge is 2.24. The van der Waals surface area contributed by atoms with Crippen molar-refractivity contribution in [1.29, 1.82) is 0 Å². The van der Waals surface area contributed by atoms with Crippen molar-refractivity contribution >= 4 is 31.9 Å². The maximum Gasteiger partial charge on any atom is 0.0827 e. The van der Waals surface area contributed by atoms with Crippen LogP contribution in [0.5, 0.6) is 0 Å². The van der Waals surface area contributed by atoms with Gasteiger partial charge in [-0.05, 0) is 59.6 Å². The zero-order valence-electron chi connectivity index (χ0n) is 14.7. The molecule has 0 fully saturated rings. The van der Waals surface area contributed by atoms with Crippen molar-refractivity contribution < 1.29 is 9.47 Å². The third kappa shape index (κ3) is 4.02. The number of methoxy groups -OCH3 is 2. The lowest BCUT2D eigenvalue weighted by molar-refractivity contribution is 0.105. The lowest BCUT2D eigenvalue weighted by Crippen LogP contribution is -1.96. The summed E-state index contributed by atoms with van der Waals surface area (Å²) in [4.78, 5) is 0. The van der Waals surface area contributed by atoms with Crippen LogP contribution in [0.3, 0.4) is 0 Å². The summed E-state index contributed by atoms with van der Waals surface area (Å²) < 4.78 is 12.0. The quantitative estimate of drug-likeness (QED) is 0.493. The van der Waals surface area contributed by atoms with Crippen LogP contribution in [-0.4, -0.2) is 14.2 Å². The average Bonchev–Trinajstić information content (AvgIpc) is 3.26. The molecule has 0 spiro atoms. The second-order valence-corrected chi connectivity index (χ2v) is 7.87. The van der Waals surface area contributed by atoms with E-state index in [1.165, 1.54) is 32.3 Å². The van der Waals surface area contributed by atoms with Crippen molar-refractivity contribution in [3.8, 4) is 0 Å². The van der Waals surface area contributed by atoms with E-state index in [0.717, 1.165) is 31.0 Å². The Balaban J connectivity index is 0.000000146. The number of hydrogen-bond acceptors (Lipinski definition) is 2. The molecule has 0 radical (unpaired) electrons. The summed E-state index contributed by atoms with van der Waals surface area (Å²) in [6.07, 6.45) is 5.20. The molecular weight excluding hydrogens is 444 g/mol. The minimum Gasteiger partial charge on any atom is -0.377 e. The van der Waals surface area contributed by atoms with Crippen LogP contribution in [0.4, 0.5) is 0 Å². The molecule has 0 amide bonds. The molecule has 134 valence electrons. The molecule has 2 atom stereocenters. The van der Waals surface area contributed by atoms with E-state index in [9.17, 15) is 0 Å². The van der Waals surface area contributed by atoms with Gasteiger partial charge in [0.05, 0.1) is 12.2 Å². The number of hydrogen-bond donors (Lipinski definition) is 0. The molecule has 2 aliphatic carbocycles. The Bertz CT molecular complexity index is 730. The summed E-state index contributed by atoms with van der Waals surface area (Å²) in [5.41, 5.74) is 7.07. The number of ether oxygens (including phenoxy) is 2. The second-order valence-electron chi connectivity index (χ2n) is 6.45. The van der Waals surface area contributed by atoms with Crippen molar-refractivity contribution in [3.05, 3.63) is 68.7 Å². The van der Waals surface area contributed by atoms with Crippen molar-refractivity contribution in [2.75, 3.05) is 14.2 Å². The number of benzene rings is 2. The van der Waals surface area contributed by atoms with E-state index < -0.39 is 0 Å². The summed E-state index contributed by atoms with van der Waals surface area (Å²) in [6, 6.07) is 12.8. The van der Waals surface area contributed by atoms with Crippen LogP contribution in [0.1, 0.15) is 52.9 Å². The monoisotopic (exact) mass is 466 g/mol. The van der Waals surface area contributed by atoms with Gasteiger partial charge in [-0.1, -0.05) is 62.2 Å². The van der Waals surface area contributed by atoms with E-state index in [4.69, 9.17) is 9.47 Å². The Morgan fingerprint density at radius 2 is 1.44 bits per heavy atom. The van der Waals surface area contributed by atoms with Gasteiger partial charge in [-0.15, -0.1) is 0 Å². The summed E-state index contributed by atoms with van der Waals surface area (Å²) in [5, 5.41) is 0.951. The van der Waals surface area contributed by atoms with Crippen LogP contribution in [0.25, 0.3) is 0 Å². The fourth-order valence-corrected chi connectivity index (χ4v) is 4.98. The normalized spacial score (nSPS) is 20.6. The second kappa shape index (κ2) is 8.81. The smallest absolute Gasteiger partial charge is 0.0827 e. The Labute approximate surface area is 167 Å². The molecule has 0 saturated carbocycles. The summed E-state index contributed by atoms with van der Waals surface area (Å²) >= 11 is 7.06. The van der Waals surface area contributed by atoms with Gasteiger partial charge in [-0.2, -0.15) is 0 Å². The van der Waals surface area contributed by atoms with E-state index >= 15 is 0 Å². The van der Waals surface area contributed by atoms with Crippen molar-refractivity contribution in [2.45, 2.75) is 43.2 Å². The lowest BCUT2D eigenvalue weighted by atomic mass is 10.0. The Morgan fingerprint density at radius 3 is 2.04 bits per heavy atom. The van der Waals surface area contributed by atoms with Crippen LogP contribution in [-0.2, 0) is 27.6 Å². The minimum atomic E-state index is 0.317.